The van der Waals surface area contributed by atoms with Gasteiger partial charge in [-0.05, 0) is 23.3 Å². The van der Waals surface area contributed by atoms with Crippen molar-refractivity contribution in [3.05, 3.63) is 63.6 Å². The third kappa shape index (κ3) is 2.53. The molecule has 3 aromatic rings. The molecule has 1 nitrogen and oxygen atoms in total. The molecule has 19 heavy (non-hydrogen) atoms. The summed E-state index contributed by atoms with van der Waals surface area (Å²) >= 11 is 6.12. The highest BCUT2D eigenvalue weighted by atomic mass is 32.1. The van der Waals surface area contributed by atoms with Gasteiger partial charge in [0.15, 0.2) is 0 Å². The van der Waals surface area contributed by atoms with Gasteiger partial charge in [-0.15, -0.1) is 11.3 Å². The zero-order valence-electron chi connectivity index (χ0n) is 10.8. The van der Waals surface area contributed by atoms with E-state index in [4.69, 9.17) is 0 Å². The third-order valence-electron chi connectivity index (χ3n) is 3.30. The molecule has 0 aliphatic rings. The minimum absolute atomic E-state index is 0.777. The molecular weight excluding hydrogens is 270 g/mol. The summed E-state index contributed by atoms with van der Waals surface area (Å²) in [4.78, 5) is 5.93. The summed E-state index contributed by atoms with van der Waals surface area (Å²) in [6.45, 7) is 2.06. The molecule has 0 bridgehead atoms. The van der Waals surface area contributed by atoms with Gasteiger partial charge in [0.05, 0.1) is 10.7 Å². The Balaban J connectivity index is 2.00. The number of aromatic nitrogens is 1. The summed E-state index contributed by atoms with van der Waals surface area (Å²) in [7, 11) is 0. The number of rotatable bonds is 3. The number of aryl methyl sites for hydroxylation is 1. The number of hydrogen-bond acceptors (Lipinski definition) is 3. The maximum atomic E-state index is 4.65. The molecule has 0 radical (unpaired) electrons. The van der Waals surface area contributed by atoms with Crippen molar-refractivity contribution in [1.82, 2.24) is 4.98 Å². The van der Waals surface area contributed by atoms with E-state index < -0.39 is 0 Å². The van der Waals surface area contributed by atoms with E-state index in [2.05, 4.69) is 67.0 Å². The molecule has 0 atom stereocenters. The average molecular weight is 285 g/mol. The topological polar surface area (TPSA) is 12.9 Å². The van der Waals surface area contributed by atoms with E-state index in [-0.39, 0.29) is 0 Å². The lowest BCUT2D eigenvalue weighted by atomic mass is 10.0. The molecule has 0 spiro atoms. The number of nitrogens with zero attached hydrogens (tertiary/aromatic N) is 1. The van der Waals surface area contributed by atoms with E-state index in [0.29, 0.717) is 0 Å². The third-order valence-corrected chi connectivity index (χ3v) is 4.99. The standard InChI is InChI=1S/C16H15NS2/c1-11-15(10-18)19-16(17-11)9-13-7-4-6-12-5-2-3-8-14(12)13/h2-8,18H,9-10H2,1H3. The number of thiazole rings is 1. The van der Waals surface area contributed by atoms with Gasteiger partial charge in [-0.2, -0.15) is 12.6 Å². The van der Waals surface area contributed by atoms with Gasteiger partial charge >= 0.3 is 0 Å². The van der Waals surface area contributed by atoms with E-state index in [1.165, 1.54) is 26.2 Å². The molecule has 0 amide bonds. The lowest BCUT2D eigenvalue weighted by Crippen LogP contribution is -1.89. The Labute approximate surface area is 122 Å². The van der Waals surface area contributed by atoms with Gasteiger partial charge in [0, 0.05) is 17.1 Å². The average Bonchev–Trinajstić information content (AvgIpc) is 2.79. The largest absolute Gasteiger partial charge is 0.246 e. The molecule has 0 aliphatic heterocycles. The molecule has 1 aromatic heterocycles. The van der Waals surface area contributed by atoms with Crippen LogP contribution in [0.25, 0.3) is 10.8 Å². The molecule has 0 aliphatic carbocycles. The Hall–Kier alpha value is -1.32. The van der Waals surface area contributed by atoms with Gasteiger partial charge in [-0.1, -0.05) is 42.5 Å². The van der Waals surface area contributed by atoms with Crippen molar-refractivity contribution in [3.63, 3.8) is 0 Å². The molecule has 3 heteroatoms. The molecule has 2 aromatic carbocycles. The predicted molar refractivity (Wildman–Crippen MR) is 86.3 cm³/mol. The van der Waals surface area contributed by atoms with Gasteiger partial charge in [-0.3, -0.25) is 0 Å². The highest BCUT2D eigenvalue weighted by Gasteiger charge is 2.08. The molecule has 0 saturated carbocycles. The van der Waals surface area contributed by atoms with Crippen LogP contribution in [0.1, 0.15) is 21.1 Å². The fourth-order valence-corrected chi connectivity index (χ4v) is 3.70. The van der Waals surface area contributed by atoms with Crippen molar-refractivity contribution in [2.75, 3.05) is 0 Å². The summed E-state index contributed by atoms with van der Waals surface area (Å²) in [6, 6.07) is 15.0. The van der Waals surface area contributed by atoms with Crippen LogP contribution in [-0.2, 0) is 12.2 Å². The van der Waals surface area contributed by atoms with E-state index in [1.807, 2.05) is 0 Å². The summed E-state index contributed by atoms with van der Waals surface area (Å²) < 4.78 is 0. The zero-order chi connectivity index (χ0) is 13.2. The Morgan fingerprint density at radius 1 is 1.11 bits per heavy atom. The molecule has 0 unspecified atom stereocenters. The van der Waals surface area contributed by atoms with Crippen LogP contribution in [0, 0.1) is 6.92 Å². The molecular formula is C16H15NS2. The fourth-order valence-electron chi connectivity index (χ4n) is 2.32. The summed E-state index contributed by atoms with van der Waals surface area (Å²) in [5.41, 5.74) is 2.47. The number of thiol groups is 1. The Kier molecular flexibility index (Phi) is 3.58. The first-order chi connectivity index (χ1) is 9.28. The highest BCUT2D eigenvalue weighted by molar-refractivity contribution is 7.79. The van der Waals surface area contributed by atoms with Crippen molar-refractivity contribution in [3.8, 4) is 0 Å². The van der Waals surface area contributed by atoms with Crippen molar-refractivity contribution < 1.29 is 0 Å². The van der Waals surface area contributed by atoms with E-state index in [1.54, 1.807) is 11.3 Å². The van der Waals surface area contributed by atoms with Gasteiger partial charge < -0.3 is 0 Å². The van der Waals surface area contributed by atoms with Gasteiger partial charge in [-0.25, -0.2) is 4.98 Å². The monoisotopic (exact) mass is 285 g/mol. The number of benzene rings is 2. The number of hydrogen-bond donors (Lipinski definition) is 1. The molecule has 0 saturated heterocycles. The first-order valence-corrected chi connectivity index (χ1v) is 7.75. The minimum atomic E-state index is 0.777. The van der Waals surface area contributed by atoms with Crippen molar-refractivity contribution in [1.29, 1.82) is 0 Å². The highest BCUT2D eigenvalue weighted by Crippen LogP contribution is 2.25. The van der Waals surface area contributed by atoms with Crippen LogP contribution in [0.4, 0.5) is 0 Å². The number of fused-ring (bicyclic) bond motifs is 1. The lowest BCUT2D eigenvalue weighted by molar-refractivity contribution is 1.10. The SMILES string of the molecule is Cc1nc(Cc2cccc3ccccc23)sc1CS. The minimum Gasteiger partial charge on any atom is -0.246 e. The lowest BCUT2D eigenvalue weighted by Gasteiger charge is -2.04. The smallest absolute Gasteiger partial charge is 0.0975 e. The normalized spacial score (nSPS) is 11.1. The van der Waals surface area contributed by atoms with E-state index in [9.17, 15) is 0 Å². The Morgan fingerprint density at radius 3 is 2.68 bits per heavy atom. The van der Waals surface area contributed by atoms with Crippen LogP contribution < -0.4 is 0 Å². The summed E-state index contributed by atoms with van der Waals surface area (Å²) in [5, 5.41) is 3.80. The van der Waals surface area contributed by atoms with E-state index in [0.717, 1.165) is 17.9 Å². The second-order valence-corrected chi connectivity index (χ2v) is 6.07. The Bertz CT molecular complexity index is 710. The molecule has 0 N–H and O–H groups in total. The van der Waals surface area contributed by atoms with Gasteiger partial charge in [0.1, 0.15) is 0 Å². The predicted octanol–water partition coefficient (Wildman–Crippen LogP) is 4.63. The summed E-state index contributed by atoms with van der Waals surface area (Å²) in [6.07, 6.45) is 0.903. The van der Waals surface area contributed by atoms with Crippen LogP contribution in [-0.4, -0.2) is 4.98 Å². The van der Waals surface area contributed by atoms with Gasteiger partial charge in [0.25, 0.3) is 0 Å². The Morgan fingerprint density at radius 2 is 1.89 bits per heavy atom. The van der Waals surface area contributed by atoms with Crippen LogP contribution in [0.5, 0.6) is 0 Å². The quantitative estimate of drug-likeness (QED) is 0.693. The van der Waals surface area contributed by atoms with Crippen molar-refractivity contribution in [2.45, 2.75) is 19.1 Å². The fraction of sp³-hybridized carbons (Fsp3) is 0.188. The first-order valence-electron chi connectivity index (χ1n) is 6.30. The zero-order valence-corrected chi connectivity index (χ0v) is 12.5. The van der Waals surface area contributed by atoms with Crippen molar-refractivity contribution >= 4 is 34.7 Å². The van der Waals surface area contributed by atoms with Crippen LogP contribution in [0.2, 0.25) is 0 Å². The van der Waals surface area contributed by atoms with Crippen LogP contribution in [0.3, 0.4) is 0 Å². The molecule has 96 valence electrons. The molecule has 0 fully saturated rings. The van der Waals surface area contributed by atoms with Crippen LogP contribution >= 0.6 is 24.0 Å². The van der Waals surface area contributed by atoms with Crippen LogP contribution in [0.15, 0.2) is 42.5 Å². The second-order valence-electron chi connectivity index (χ2n) is 4.59. The molecule has 3 rings (SSSR count). The first kappa shape index (κ1) is 12.7. The van der Waals surface area contributed by atoms with E-state index >= 15 is 0 Å². The van der Waals surface area contributed by atoms with Crippen molar-refractivity contribution in [2.24, 2.45) is 0 Å². The maximum absolute atomic E-state index is 4.65. The second kappa shape index (κ2) is 5.35. The van der Waals surface area contributed by atoms with Gasteiger partial charge in [0.2, 0.25) is 0 Å². The maximum Gasteiger partial charge on any atom is 0.0975 e. The molecule has 1 heterocycles. The summed E-state index contributed by atoms with van der Waals surface area (Å²) in [5.74, 6) is 0.777.